The van der Waals surface area contributed by atoms with Crippen molar-refractivity contribution in [2.75, 3.05) is 30.4 Å². The summed E-state index contributed by atoms with van der Waals surface area (Å²) in [6.45, 7) is 2.87. The van der Waals surface area contributed by atoms with Crippen molar-refractivity contribution in [3.8, 4) is 12.5 Å². The quantitative estimate of drug-likeness (QED) is 0.0370. The van der Waals surface area contributed by atoms with Crippen molar-refractivity contribution in [1.82, 2.24) is 30.6 Å². The van der Waals surface area contributed by atoms with E-state index in [0.717, 1.165) is 12.1 Å². The fraction of sp³-hybridized carbons (Fsp3) is 0.333. The number of phosphoric ester groups is 1. The summed E-state index contributed by atoms with van der Waals surface area (Å²) in [5.74, 6) is -3.11. The first-order valence-electron chi connectivity index (χ1n) is 17.4. The number of halogens is 3. The molecule has 0 spiro atoms. The summed E-state index contributed by atoms with van der Waals surface area (Å²) in [6, 6.07) is 7.56. The first-order chi connectivity index (χ1) is 27.5. The molecule has 0 aliphatic rings. The van der Waals surface area contributed by atoms with Crippen LogP contribution < -0.4 is 26.8 Å². The maximum Gasteiger partial charge on any atom is 0.538 e. The van der Waals surface area contributed by atoms with Gasteiger partial charge in [-0.25, -0.2) is 14.5 Å². The van der Waals surface area contributed by atoms with Gasteiger partial charge in [-0.15, -0.1) is 0 Å². The van der Waals surface area contributed by atoms with Crippen LogP contribution in [0.1, 0.15) is 71.5 Å². The fourth-order valence-corrected chi connectivity index (χ4v) is 6.06. The van der Waals surface area contributed by atoms with E-state index in [-0.39, 0.29) is 85.3 Å². The highest BCUT2D eigenvalue weighted by atomic mass is 31.2. The number of phosphoric acid groups is 1. The Morgan fingerprint density at radius 3 is 2.45 bits per heavy atom. The molecule has 0 saturated heterocycles. The zero-order chi connectivity index (χ0) is 42.5. The van der Waals surface area contributed by atoms with Crippen molar-refractivity contribution in [1.29, 1.82) is 0 Å². The highest BCUT2D eigenvalue weighted by Gasteiger charge is 2.32. The van der Waals surface area contributed by atoms with E-state index < -0.39 is 48.9 Å². The third-order valence-corrected chi connectivity index (χ3v) is 9.34. The van der Waals surface area contributed by atoms with E-state index in [2.05, 4.69) is 45.7 Å². The summed E-state index contributed by atoms with van der Waals surface area (Å²) in [5, 5.41) is 19.6. The van der Waals surface area contributed by atoms with Gasteiger partial charge < -0.3 is 35.9 Å². The number of rotatable bonds is 21. The lowest BCUT2D eigenvalue weighted by atomic mass is 10.1. The molecule has 4 rings (SSSR count). The summed E-state index contributed by atoms with van der Waals surface area (Å²) < 4.78 is 67.8. The number of carboxylic acids is 1. The van der Waals surface area contributed by atoms with E-state index in [0.29, 0.717) is 23.9 Å². The van der Waals surface area contributed by atoms with Gasteiger partial charge in [0.05, 0.1) is 54.5 Å². The average molecular weight is 831 g/mol. The highest BCUT2D eigenvalue weighted by molar-refractivity contribution is 7.48. The molecule has 0 aliphatic heterocycles. The minimum atomic E-state index is -4.77. The smallest absolute Gasteiger partial charge is 0.481 e. The molecule has 0 fully saturated rings. The number of aliphatic carboxylic acids is 1. The van der Waals surface area contributed by atoms with Gasteiger partial charge in [0.25, 0.3) is 11.8 Å². The number of fused-ring (bicyclic) bond motifs is 1. The van der Waals surface area contributed by atoms with E-state index in [1.807, 2.05) is 0 Å². The molecule has 2 aromatic carbocycles. The van der Waals surface area contributed by atoms with Crippen molar-refractivity contribution in [2.45, 2.75) is 58.3 Å². The molecular weight excluding hydrogens is 792 g/mol. The van der Waals surface area contributed by atoms with Gasteiger partial charge in [-0.05, 0) is 75.6 Å². The Morgan fingerprint density at radius 1 is 1.05 bits per heavy atom. The SMILES string of the molecule is C#COP(=O)(OCC)OCCCCNC(=O)c1ccc(C(F)(F)F)cc1Nc1nc(=O)c2nc(CNc3ccc(C(=O)N[C@@H](CCC(=O)O)C(C)=O)cc3)cnc2[nH]1. The second-order valence-electron chi connectivity index (χ2n) is 12.2. The van der Waals surface area contributed by atoms with E-state index in [4.69, 9.17) is 20.6 Å². The van der Waals surface area contributed by atoms with Crippen molar-refractivity contribution in [2.24, 2.45) is 0 Å². The van der Waals surface area contributed by atoms with Crippen molar-refractivity contribution in [3.63, 3.8) is 0 Å². The van der Waals surface area contributed by atoms with Crippen LogP contribution in [-0.2, 0) is 40.4 Å². The van der Waals surface area contributed by atoms with Gasteiger partial charge in [-0.1, -0.05) is 6.42 Å². The number of anilines is 3. The number of nitrogens with one attached hydrogen (secondary N) is 5. The molecule has 0 radical (unpaired) electrons. The Kier molecular flexibility index (Phi) is 15.4. The predicted octanol–water partition coefficient (Wildman–Crippen LogP) is 4.92. The Labute approximate surface area is 328 Å². The molecule has 58 heavy (non-hydrogen) atoms. The molecule has 4 aromatic rings. The molecule has 2 aromatic heterocycles. The number of Topliss-reactive ketones (excluding diaryl/α,β-unsaturated/α-hetero) is 1. The van der Waals surface area contributed by atoms with Gasteiger partial charge in [-0.2, -0.15) is 18.2 Å². The zero-order valence-electron chi connectivity index (χ0n) is 31.0. The molecule has 0 aliphatic carbocycles. The number of carbonyl (C=O) groups is 4. The average Bonchev–Trinajstić information content (AvgIpc) is 3.16. The number of nitrogens with zero attached hydrogens (tertiary/aromatic N) is 3. The number of hydrogen-bond acceptors (Lipinski definition) is 14. The number of carbonyl (C=O) groups excluding carboxylic acids is 3. The van der Waals surface area contributed by atoms with Gasteiger partial charge >= 0.3 is 25.5 Å². The first-order valence-corrected chi connectivity index (χ1v) is 18.9. The second kappa shape index (κ2) is 20.2. The predicted molar refractivity (Wildman–Crippen MR) is 202 cm³/mol. The maximum atomic E-state index is 13.7. The lowest BCUT2D eigenvalue weighted by Crippen LogP contribution is -2.40. The summed E-state index contributed by atoms with van der Waals surface area (Å²) in [6.07, 6.45) is 3.56. The van der Waals surface area contributed by atoms with Crippen molar-refractivity contribution >= 4 is 59.9 Å². The molecular formula is C36H38F3N8O10P. The van der Waals surface area contributed by atoms with Gasteiger partial charge in [0, 0.05) is 24.2 Å². The zero-order valence-corrected chi connectivity index (χ0v) is 31.9. The van der Waals surface area contributed by atoms with Crippen LogP contribution in [0, 0.1) is 12.5 Å². The minimum absolute atomic E-state index is 0.0188. The number of unbranched alkanes of at least 4 members (excludes halogenated alkanes) is 1. The van der Waals surface area contributed by atoms with Crippen molar-refractivity contribution < 1.29 is 55.6 Å². The number of aromatic amines is 1. The van der Waals surface area contributed by atoms with E-state index in [1.165, 1.54) is 25.3 Å². The second-order valence-corrected chi connectivity index (χ2v) is 13.8. The minimum Gasteiger partial charge on any atom is -0.481 e. The number of ketones is 1. The van der Waals surface area contributed by atoms with E-state index >= 15 is 0 Å². The topological polar surface area (TPSA) is 253 Å². The van der Waals surface area contributed by atoms with Crippen LogP contribution >= 0.6 is 7.82 Å². The third-order valence-electron chi connectivity index (χ3n) is 7.94. The summed E-state index contributed by atoms with van der Waals surface area (Å²) >= 11 is 0. The molecule has 0 bridgehead atoms. The van der Waals surface area contributed by atoms with Crippen LogP contribution in [0.3, 0.4) is 0 Å². The summed E-state index contributed by atoms with van der Waals surface area (Å²) in [7, 11) is -3.94. The molecule has 1 unspecified atom stereocenters. The van der Waals surface area contributed by atoms with Crippen LogP contribution in [0.2, 0.25) is 0 Å². The van der Waals surface area contributed by atoms with Crippen molar-refractivity contribution in [3.05, 3.63) is 81.4 Å². The molecule has 2 atom stereocenters. The van der Waals surface area contributed by atoms with Crippen LogP contribution in [0.15, 0.2) is 53.5 Å². The molecule has 2 heterocycles. The molecule has 18 nitrogen and oxygen atoms in total. The highest BCUT2D eigenvalue weighted by Crippen LogP contribution is 2.49. The van der Waals surface area contributed by atoms with Gasteiger partial charge in [0.2, 0.25) is 5.95 Å². The molecule has 22 heteroatoms. The summed E-state index contributed by atoms with van der Waals surface area (Å²) in [4.78, 5) is 76.5. The molecule has 0 saturated carbocycles. The molecule has 308 valence electrons. The number of terminal acetylenes is 1. The Bertz CT molecular complexity index is 2280. The maximum absolute atomic E-state index is 13.7. The monoisotopic (exact) mass is 830 g/mol. The Hall–Kier alpha value is -6.36. The Balaban J connectivity index is 1.41. The van der Waals surface area contributed by atoms with E-state index in [9.17, 15) is 41.7 Å². The fourth-order valence-electron chi connectivity index (χ4n) is 5.09. The standard InChI is InChI=1S/C36H38F3N8O10P/c1-4-55-58(54,56-5-2)57-17-7-6-16-40-33(52)26-13-10-23(36(37,38)39)18-28(26)45-35-46-31-30(34(53)47-35)43-25(20-42-31)19-41-24-11-8-22(9-12-24)32(51)44-27(21(3)48)14-15-29(49)50/h1,8-13,18,20,27,41H,5-7,14-17,19H2,2-3H3,(H,40,52)(H,44,51)(H,49,50)(H2,42,45,46,47,53)/t27-,58?/m0/s1. The van der Waals surface area contributed by atoms with E-state index in [1.54, 1.807) is 25.2 Å². The van der Waals surface area contributed by atoms with Crippen LogP contribution in [0.5, 0.6) is 0 Å². The van der Waals surface area contributed by atoms with Crippen LogP contribution in [-0.4, -0.2) is 74.4 Å². The molecule has 6 N–H and O–H groups in total. The van der Waals surface area contributed by atoms with Gasteiger partial charge in [0.15, 0.2) is 16.9 Å². The number of H-pyrrole nitrogens is 1. The normalized spacial score (nSPS) is 12.8. The van der Waals surface area contributed by atoms with Gasteiger partial charge in [-0.3, -0.25) is 33.0 Å². The lowest BCUT2D eigenvalue weighted by molar-refractivity contribution is -0.138. The third kappa shape index (κ3) is 12.8. The largest absolute Gasteiger partial charge is 0.538 e. The Morgan fingerprint density at radius 2 is 1.79 bits per heavy atom. The number of amides is 2. The number of alkyl halides is 3. The summed E-state index contributed by atoms with van der Waals surface area (Å²) in [5.41, 5.74) is -1.65. The lowest BCUT2D eigenvalue weighted by Gasteiger charge is -2.15. The first kappa shape index (κ1) is 44.4. The number of carboxylic acid groups (broad SMARTS) is 1. The van der Waals surface area contributed by atoms with Crippen LogP contribution in [0.25, 0.3) is 11.2 Å². The van der Waals surface area contributed by atoms with Gasteiger partial charge in [0.1, 0.15) is 6.11 Å². The number of hydrogen-bond donors (Lipinski definition) is 6. The number of benzene rings is 2. The van der Waals surface area contributed by atoms with Crippen LogP contribution in [0.4, 0.5) is 30.5 Å². The number of aromatic nitrogens is 4. The molecule has 2 amide bonds.